The van der Waals surface area contributed by atoms with Gasteiger partial charge in [0.2, 0.25) is 5.88 Å². The average molecular weight is 226 g/mol. The Balaban J connectivity index is 1.93. The van der Waals surface area contributed by atoms with Crippen LogP contribution in [0.4, 0.5) is 0 Å². The van der Waals surface area contributed by atoms with Crippen molar-refractivity contribution in [2.45, 2.75) is 0 Å². The molecule has 2 heterocycles. The van der Waals surface area contributed by atoms with Gasteiger partial charge in [-0.2, -0.15) is 0 Å². The third kappa shape index (κ3) is 2.76. The second-order valence-electron chi connectivity index (χ2n) is 2.35. The van der Waals surface area contributed by atoms with Crippen molar-refractivity contribution in [2.24, 2.45) is 10.00 Å². The minimum absolute atomic E-state index is 0.333. The number of hydrogen-bond acceptors (Lipinski definition) is 4. The molecule has 0 aromatic carbocycles. The highest BCUT2D eigenvalue weighted by Gasteiger charge is 2.05. The number of allylic oxidation sites excluding steroid dienone is 4. The maximum Gasteiger partial charge on any atom is 0.257 e. The molecule has 0 amide bonds. The highest BCUT2D eigenvalue weighted by Crippen LogP contribution is 2.43. The monoisotopic (exact) mass is 226 g/mol. The average Bonchev–Trinajstić information content (AvgIpc) is 2.29. The number of rotatable bonds is 2. The summed E-state index contributed by atoms with van der Waals surface area (Å²) in [5.41, 5.74) is 0. The summed E-state index contributed by atoms with van der Waals surface area (Å²) >= 11 is 0. The van der Waals surface area contributed by atoms with Gasteiger partial charge >= 0.3 is 0 Å². The van der Waals surface area contributed by atoms with Gasteiger partial charge in [0.05, 0.1) is 15.1 Å². The molecule has 2 atom stereocenters. The lowest BCUT2D eigenvalue weighted by Crippen LogP contribution is -1.80. The molecule has 72 valence electrons. The summed E-state index contributed by atoms with van der Waals surface area (Å²) in [6.07, 6.45) is 9.00. The van der Waals surface area contributed by atoms with Gasteiger partial charge in [-0.25, -0.2) is 0 Å². The molecule has 4 nitrogen and oxygen atoms in total. The predicted octanol–water partition coefficient (Wildman–Crippen LogP) is 3.79. The first-order valence-corrected chi connectivity index (χ1v) is 6.22. The Morgan fingerprint density at radius 2 is 2.29 bits per heavy atom. The van der Waals surface area contributed by atoms with Crippen LogP contribution in [-0.4, -0.2) is 0 Å². The summed E-state index contributed by atoms with van der Waals surface area (Å²) in [6.45, 7) is 0. The van der Waals surface area contributed by atoms with Gasteiger partial charge in [0.1, 0.15) is 0 Å². The molecule has 2 rings (SSSR count). The molecule has 0 saturated carbocycles. The first-order valence-electron chi connectivity index (χ1n) is 3.95. The Labute approximate surface area is 84.8 Å². The SMILES string of the molecule is C1=COP(N=NC2=CC=CPO2)C=C1. The zero-order chi connectivity index (χ0) is 9.64. The van der Waals surface area contributed by atoms with Crippen LogP contribution in [0.15, 0.2) is 58.1 Å². The van der Waals surface area contributed by atoms with Crippen LogP contribution in [0.25, 0.3) is 0 Å². The summed E-state index contributed by atoms with van der Waals surface area (Å²) < 4.78 is 10.4. The third-order valence-corrected chi connectivity index (χ3v) is 3.06. The maximum absolute atomic E-state index is 5.22. The van der Waals surface area contributed by atoms with E-state index in [1.54, 1.807) is 12.3 Å². The molecule has 2 aliphatic heterocycles. The Hall–Kier alpha value is -0.980. The Bertz CT molecular complexity index is 347. The molecule has 0 saturated heterocycles. The highest BCUT2D eigenvalue weighted by molar-refractivity contribution is 7.54. The smallest absolute Gasteiger partial charge is 0.257 e. The standard InChI is InChI=1S/C8H8N2O2P2/c1-2-7-14(11-5-1)10-9-8-4-3-6-13-12-8/h1-7,13H. The molecule has 0 aromatic rings. The molecule has 14 heavy (non-hydrogen) atoms. The lowest BCUT2D eigenvalue weighted by molar-refractivity contribution is 0.472. The molecular weight excluding hydrogens is 218 g/mol. The van der Waals surface area contributed by atoms with E-state index in [0.717, 1.165) is 0 Å². The van der Waals surface area contributed by atoms with Crippen LogP contribution in [0.1, 0.15) is 0 Å². The van der Waals surface area contributed by atoms with Crippen LogP contribution >= 0.6 is 17.1 Å². The van der Waals surface area contributed by atoms with Crippen molar-refractivity contribution in [3.05, 3.63) is 48.1 Å². The fraction of sp³-hybridized carbons (Fsp3) is 0. The summed E-state index contributed by atoms with van der Waals surface area (Å²) in [5.74, 6) is 4.35. The first-order chi connectivity index (χ1) is 6.95. The molecule has 0 fully saturated rings. The Morgan fingerprint density at radius 3 is 3.00 bits per heavy atom. The van der Waals surface area contributed by atoms with Crippen LogP contribution in [0.5, 0.6) is 0 Å². The van der Waals surface area contributed by atoms with E-state index in [1.807, 2.05) is 29.9 Å². The number of hydrogen-bond donors (Lipinski definition) is 0. The minimum atomic E-state index is -0.947. The van der Waals surface area contributed by atoms with Gasteiger partial charge in [-0.1, -0.05) is 12.2 Å². The quantitative estimate of drug-likeness (QED) is 0.531. The molecule has 0 bridgehead atoms. The van der Waals surface area contributed by atoms with E-state index >= 15 is 0 Å². The van der Waals surface area contributed by atoms with Gasteiger partial charge in [-0.3, -0.25) is 0 Å². The summed E-state index contributed by atoms with van der Waals surface area (Å²) in [4.78, 5) is 4.01. The van der Waals surface area contributed by atoms with Crippen molar-refractivity contribution < 1.29 is 9.05 Å². The van der Waals surface area contributed by atoms with Gasteiger partial charge in [0, 0.05) is 11.9 Å². The van der Waals surface area contributed by atoms with Gasteiger partial charge < -0.3 is 9.05 Å². The second-order valence-corrected chi connectivity index (χ2v) is 4.42. The maximum atomic E-state index is 5.22. The molecule has 2 aliphatic rings. The van der Waals surface area contributed by atoms with Gasteiger partial charge in [-0.15, -0.1) is 10.00 Å². The second kappa shape index (κ2) is 5.04. The van der Waals surface area contributed by atoms with E-state index in [4.69, 9.17) is 9.05 Å². The number of nitrogens with zero attached hydrogens (tertiary/aromatic N) is 2. The van der Waals surface area contributed by atoms with E-state index in [1.165, 1.54) is 0 Å². The lowest BCUT2D eigenvalue weighted by atomic mass is 10.6. The molecule has 6 heteroatoms. The highest BCUT2D eigenvalue weighted by atomic mass is 31.2. The fourth-order valence-corrected chi connectivity index (χ4v) is 2.05. The topological polar surface area (TPSA) is 43.2 Å². The Morgan fingerprint density at radius 1 is 1.29 bits per heavy atom. The normalized spacial score (nSPS) is 26.3. The zero-order valence-electron chi connectivity index (χ0n) is 7.20. The van der Waals surface area contributed by atoms with Crippen LogP contribution in [-0.2, 0) is 9.05 Å². The van der Waals surface area contributed by atoms with Crippen LogP contribution < -0.4 is 0 Å². The van der Waals surface area contributed by atoms with E-state index < -0.39 is 8.30 Å². The van der Waals surface area contributed by atoms with E-state index in [9.17, 15) is 0 Å². The molecule has 0 N–H and O–H groups in total. The zero-order valence-corrected chi connectivity index (χ0v) is 9.09. The molecule has 2 unspecified atom stereocenters. The van der Waals surface area contributed by atoms with E-state index in [0.29, 0.717) is 14.7 Å². The van der Waals surface area contributed by atoms with Crippen molar-refractivity contribution in [1.82, 2.24) is 0 Å². The molecular formula is C8H8N2O2P2. The molecule has 0 radical (unpaired) electrons. The Kier molecular flexibility index (Phi) is 3.44. The van der Waals surface area contributed by atoms with Crippen LogP contribution in [0.3, 0.4) is 0 Å². The van der Waals surface area contributed by atoms with Gasteiger partial charge in [-0.05, 0) is 11.9 Å². The van der Waals surface area contributed by atoms with Crippen molar-refractivity contribution in [1.29, 1.82) is 0 Å². The molecule has 0 aliphatic carbocycles. The van der Waals surface area contributed by atoms with Crippen molar-refractivity contribution in [2.75, 3.05) is 0 Å². The van der Waals surface area contributed by atoms with E-state index in [2.05, 4.69) is 10.00 Å². The summed E-state index contributed by atoms with van der Waals surface area (Å²) in [7, 11) is -0.615. The van der Waals surface area contributed by atoms with Crippen molar-refractivity contribution >= 4 is 17.1 Å². The van der Waals surface area contributed by atoms with Crippen molar-refractivity contribution in [3.8, 4) is 0 Å². The first kappa shape index (κ1) is 9.57. The van der Waals surface area contributed by atoms with Gasteiger partial charge in [0.25, 0.3) is 8.30 Å². The van der Waals surface area contributed by atoms with Gasteiger partial charge in [0.15, 0.2) is 0 Å². The molecule has 0 spiro atoms. The van der Waals surface area contributed by atoms with Crippen LogP contribution in [0, 0.1) is 0 Å². The van der Waals surface area contributed by atoms with E-state index in [-0.39, 0.29) is 0 Å². The largest absolute Gasteiger partial charge is 0.455 e. The van der Waals surface area contributed by atoms with Crippen molar-refractivity contribution in [3.63, 3.8) is 0 Å². The minimum Gasteiger partial charge on any atom is -0.455 e. The third-order valence-electron chi connectivity index (χ3n) is 1.37. The lowest BCUT2D eigenvalue weighted by Gasteiger charge is -2.08. The predicted molar refractivity (Wildman–Crippen MR) is 57.8 cm³/mol. The summed E-state index contributed by atoms with van der Waals surface area (Å²) in [5, 5.41) is 3.95. The summed E-state index contributed by atoms with van der Waals surface area (Å²) in [6, 6.07) is 0. The fourth-order valence-electron chi connectivity index (χ4n) is 0.792. The van der Waals surface area contributed by atoms with Crippen LogP contribution in [0.2, 0.25) is 0 Å². The molecule has 0 aromatic heterocycles.